The van der Waals surface area contributed by atoms with Crippen LogP contribution in [0.5, 0.6) is 0 Å². The molecule has 6 atom stereocenters. The first-order chi connectivity index (χ1) is 22.4. The lowest BCUT2D eigenvalue weighted by atomic mass is 9.76. The van der Waals surface area contributed by atoms with E-state index in [4.69, 9.17) is 23.7 Å². The molecular weight excluding hydrogens is 648 g/mol. The molecular formula is C34H62O11S2. The molecule has 13 heteroatoms. The predicted molar refractivity (Wildman–Crippen MR) is 179 cm³/mol. The van der Waals surface area contributed by atoms with Crippen LogP contribution >= 0.6 is 0 Å². The van der Waals surface area contributed by atoms with Crippen molar-refractivity contribution in [3.8, 4) is 0 Å². The molecule has 276 valence electrons. The second-order valence-electron chi connectivity index (χ2n) is 14.3. The summed E-state index contributed by atoms with van der Waals surface area (Å²) in [4.78, 5) is 0. The summed E-state index contributed by atoms with van der Waals surface area (Å²) >= 11 is 0. The number of unbranched alkanes of at least 4 members (excludes halogenated alkanes) is 14. The zero-order valence-electron chi connectivity index (χ0n) is 28.9. The molecule has 4 heterocycles. The van der Waals surface area contributed by atoms with Gasteiger partial charge in [-0.25, -0.2) is 0 Å². The number of hydrogen-bond donors (Lipinski definition) is 2. The molecule has 4 fully saturated rings. The average molecular weight is 711 g/mol. The summed E-state index contributed by atoms with van der Waals surface area (Å²) in [7, 11) is -9.12. The molecule has 0 aromatic rings. The minimum atomic E-state index is -4.56. The van der Waals surface area contributed by atoms with Crippen LogP contribution in [0.15, 0.2) is 0 Å². The zero-order valence-corrected chi connectivity index (χ0v) is 30.6. The van der Waals surface area contributed by atoms with Crippen LogP contribution in [0.3, 0.4) is 0 Å². The molecule has 4 rings (SSSR count). The van der Waals surface area contributed by atoms with Gasteiger partial charge in [0.1, 0.15) is 21.7 Å². The normalized spacial score (nSPS) is 34.4. The van der Waals surface area contributed by atoms with Crippen molar-refractivity contribution < 1.29 is 49.6 Å². The first kappa shape index (κ1) is 39.4. The highest BCUT2D eigenvalue weighted by Crippen LogP contribution is 2.59. The maximum Gasteiger partial charge on any atom is 0.270 e. The third-order valence-electron chi connectivity index (χ3n) is 11.2. The van der Waals surface area contributed by atoms with Crippen molar-refractivity contribution in [1.29, 1.82) is 0 Å². The van der Waals surface area contributed by atoms with Crippen molar-refractivity contribution >= 4 is 20.2 Å². The van der Waals surface area contributed by atoms with Gasteiger partial charge >= 0.3 is 0 Å². The number of rotatable bonds is 24. The van der Waals surface area contributed by atoms with Gasteiger partial charge in [0.25, 0.3) is 20.2 Å². The van der Waals surface area contributed by atoms with Crippen LogP contribution < -0.4 is 0 Å². The molecule has 0 aromatic carbocycles. The maximum atomic E-state index is 12.9. The van der Waals surface area contributed by atoms with Crippen LogP contribution in [-0.4, -0.2) is 85.6 Å². The largest absolute Gasteiger partial charge is 0.368 e. The Labute approximate surface area is 284 Å². The highest BCUT2D eigenvalue weighted by atomic mass is 32.2. The quantitative estimate of drug-likeness (QED) is 0.0777. The number of ether oxygens (including phenoxy) is 5. The molecule has 0 aromatic heterocycles. The van der Waals surface area contributed by atoms with Gasteiger partial charge in [0.05, 0.1) is 13.2 Å². The van der Waals surface area contributed by atoms with Gasteiger partial charge in [0.15, 0.2) is 0 Å². The van der Waals surface area contributed by atoms with E-state index in [9.17, 15) is 25.9 Å². The fraction of sp³-hybridized carbons (Fsp3) is 1.00. The van der Waals surface area contributed by atoms with Crippen LogP contribution in [0.25, 0.3) is 0 Å². The van der Waals surface area contributed by atoms with E-state index in [2.05, 4.69) is 13.8 Å². The van der Waals surface area contributed by atoms with E-state index in [0.717, 1.165) is 51.4 Å². The SMILES string of the molecule is CCCCCCCCCCC1(C2(OC3(C4(CCCCCCCCCC)OCCC4S(=O)(=O)O)CCO3)CCO2)OCCC1S(=O)(=O)O. The molecule has 0 spiro atoms. The Morgan fingerprint density at radius 1 is 0.532 bits per heavy atom. The van der Waals surface area contributed by atoms with Crippen LogP contribution in [0, 0.1) is 0 Å². The third-order valence-corrected chi connectivity index (χ3v) is 13.9. The molecule has 0 radical (unpaired) electrons. The molecule has 0 amide bonds. The van der Waals surface area contributed by atoms with E-state index < -0.39 is 53.5 Å². The van der Waals surface area contributed by atoms with E-state index in [1.165, 1.54) is 38.5 Å². The summed E-state index contributed by atoms with van der Waals surface area (Å²) in [5.74, 6) is -3.21. The van der Waals surface area contributed by atoms with E-state index in [-0.39, 0.29) is 65.0 Å². The highest BCUT2D eigenvalue weighted by Gasteiger charge is 2.75. The predicted octanol–water partition coefficient (Wildman–Crippen LogP) is 7.13. The zero-order chi connectivity index (χ0) is 34.1. The van der Waals surface area contributed by atoms with Gasteiger partial charge in [-0.3, -0.25) is 9.11 Å². The molecule has 2 N–H and O–H groups in total. The van der Waals surface area contributed by atoms with E-state index in [1.54, 1.807) is 0 Å². The van der Waals surface area contributed by atoms with Crippen molar-refractivity contribution in [3.63, 3.8) is 0 Å². The van der Waals surface area contributed by atoms with Gasteiger partial charge < -0.3 is 23.7 Å². The summed E-state index contributed by atoms with van der Waals surface area (Å²) in [6.07, 6.45) is 18.1. The lowest BCUT2D eigenvalue weighted by Gasteiger charge is -2.62. The summed E-state index contributed by atoms with van der Waals surface area (Å²) < 4.78 is 105. The Balaban J connectivity index is 1.58. The number of hydrogen-bond acceptors (Lipinski definition) is 9. The Morgan fingerprint density at radius 3 is 1.13 bits per heavy atom. The monoisotopic (exact) mass is 710 g/mol. The van der Waals surface area contributed by atoms with Crippen LogP contribution in [0.2, 0.25) is 0 Å². The minimum absolute atomic E-state index is 0.0890. The standard InChI is InChI=1S/C34H62O11S2/c1-3-5-7-9-11-13-15-17-21-31(29(19-25-41-31)46(35,36)37)33(23-27-43-33)45-34(24-28-44-34)32(30(20-26-42-32)47(38,39)40)22-18-16-14-12-10-8-6-4-2/h29-30H,3-28H2,1-2H3,(H,35,36,37)(H,38,39,40). The first-order valence-corrected chi connectivity index (χ1v) is 21.6. The topological polar surface area (TPSA) is 155 Å². The Kier molecular flexibility index (Phi) is 14.4. The van der Waals surface area contributed by atoms with E-state index in [0.29, 0.717) is 12.8 Å². The van der Waals surface area contributed by atoms with Crippen LogP contribution in [0.4, 0.5) is 0 Å². The Hall–Kier alpha value is -0.380. The summed E-state index contributed by atoms with van der Waals surface area (Å²) in [5.41, 5.74) is -3.03. The fourth-order valence-corrected chi connectivity index (χ4v) is 11.1. The van der Waals surface area contributed by atoms with Gasteiger partial charge in [0, 0.05) is 26.1 Å². The van der Waals surface area contributed by atoms with Gasteiger partial charge in [0.2, 0.25) is 11.6 Å². The third kappa shape index (κ3) is 8.75. The Morgan fingerprint density at radius 2 is 0.851 bits per heavy atom. The van der Waals surface area contributed by atoms with Crippen molar-refractivity contribution in [1.82, 2.24) is 0 Å². The van der Waals surface area contributed by atoms with Crippen molar-refractivity contribution in [2.24, 2.45) is 0 Å². The van der Waals surface area contributed by atoms with Crippen LogP contribution in [0.1, 0.15) is 155 Å². The molecule has 0 bridgehead atoms. The average Bonchev–Trinajstić information content (AvgIpc) is 3.61. The van der Waals surface area contributed by atoms with Gasteiger partial charge in [-0.2, -0.15) is 16.8 Å². The second-order valence-corrected chi connectivity index (χ2v) is 17.5. The molecule has 4 aliphatic heterocycles. The summed E-state index contributed by atoms with van der Waals surface area (Å²) in [5, 5.41) is -2.55. The summed E-state index contributed by atoms with van der Waals surface area (Å²) in [6, 6.07) is 0. The van der Waals surface area contributed by atoms with Crippen molar-refractivity contribution in [2.45, 2.75) is 188 Å². The van der Waals surface area contributed by atoms with Crippen molar-refractivity contribution in [2.75, 3.05) is 26.4 Å². The molecule has 6 unspecified atom stereocenters. The lowest BCUT2D eigenvalue weighted by molar-refractivity contribution is -0.492. The second kappa shape index (κ2) is 17.2. The van der Waals surface area contributed by atoms with E-state index >= 15 is 0 Å². The molecule has 47 heavy (non-hydrogen) atoms. The van der Waals surface area contributed by atoms with Gasteiger partial charge in [-0.15, -0.1) is 0 Å². The summed E-state index contributed by atoms with van der Waals surface area (Å²) in [6.45, 7) is 5.15. The smallest absolute Gasteiger partial charge is 0.270 e. The lowest BCUT2D eigenvalue weighted by Crippen LogP contribution is -2.77. The van der Waals surface area contributed by atoms with Gasteiger partial charge in [-0.1, -0.05) is 117 Å². The van der Waals surface area contributed by atoms with E-state index in [1.807, 2.05) is 0 Å². The Bertz CT molecular complexity index is 1080. The molecule has 11 nitrogen and oxygen atoms in total. The fourth-order valence-electron chi connectivity index (χ4n) is 8.57. The maximum absolute atomic E-state index is 12.9. The minimum Gasteiger partial charge on any atom is -0.368 e. The van der Waals surface area contributed by atoms with Crippen molar-refractivity contribution in [3.05, 3.63) is 0 Å². The highest BCUT2D eigenvalue weighted by molar-refractivity contribution is 7.86. The molecule has 4 saturated heterocycles. The molecule has 0 aliphatic carbocycles. The first-order valence-electron chi connectivity index (χ1n) is 18.6. The molecule has 0 saturated carbocycles. The molecule has 4 aliphatic rings. The van der Waals surface area contributed by atoms with Gasteiger partial charge in [-0.05, 0) is 25.7 Å². The van der Waals surface area contributed by atoms with Crippen LogP contribution in [-0.2, 0) is 43.9 Å².